The summed E-state index contributed by atoms with van der Waals surface area (Å²) < 4.78 is 0. The number of rotatable bonds is 10. The van der Waals surface area contributed by atoms with Crippen molar-refractivity contribution in [1.29, 1.82) is 0 Å². The van der Waals surface area contributed by atoms with Gasteiger partial charge in [-0.1, -0.05) is 30.9 Å². The molecular weight excluding hydrogens is 378 g/mol. The molecule has 0 saturated heterocycles. The lowest BCUT2D eigenvalue weighted by Gasteiger charge is -2.18. The molecule has 1 aromatic carbocycles. The van der Waals surface area contributed by atoms with Gasteiger partial charge in [0.2, 0.25) is 11.8 Å². The van der Waals surface area contributed by atoms with Crippen LogP contribution in [0.2, 0.25) is 0 Å². The third kappa shape index (κ3) is 8.76. The highest BCUT2D eigenvalue weighted by molar-refractivity contribution is 5.97. The van der Waals surface area contributed by atoms with E-state index >= 15 is 0 Å². The predicted molar refractivity (Wildman–Crippen MR) is 108 cm³/mol. The number of carbonyl (C=O) groups is 3. The minimum absolute atomic E-state index is 0.0424. The van der Waals surface area contributed by atoms with Gasteiger partial charge in [-0.05, 0) is 18.2 Å². The van der Waals surface area contributed by atoms with E-state index in [4.69, 9.17) is 5.11 Å². The minimum atomic E-state index is -1.66. The maximum atomic E-state index is 12.2. The molecule has 1 aromatic rings. The average molecular weight is 403 g/mol. The quantitative estimate of drug-likeness (QED) is 0.252. The Morgan fingerprint density at radius 2 is 1.83 bits per heavy atom. The second-order valence-corrected chi connectivity index (χ2v) is 6.18. The summed E-state index contributed by atoms with van der Waals surface area (Å²) in [4.78, 5) is 36.2. The lowest BCUT2D eigenvalue weighted by molar-refractivity contribution is -0.133. The van der Waals surface area contributed by atoms with Crippen molar-refractivity contribution in [2.45, 2.75) is 25.0 Å². The molecule has 9 nitrogen and oxygen atoms in total. The summed E-state index contributed by atoms with van der Waals surface area (Å²) in [6, 6.07) is 4.72. The Bertz CT molecular complexity index is 818. The summed E-state index contributed by atoms with van der Waals surface area (Å²) in [6.07, 6.45) is 0.542. The minimum Gasteiger partial charge on any atom is -0.509 e. The first-order valence-corrected chi connectivity index (χ1v) is 8.65. The van der Waals surface area contributed by atoms with E-state index in [1.165, 1.54) is 43.5 Å². The number of carbonyl (C=O) groups excluding carboxylic acids is 3. The van der Waals surface area contributed by atoms with Crippen LogP contribution in [-0.2, 0) is 14.4 Å². The van der Waals surface area contributed by atoms with Crippen LogP contribution in [0.3, 0.4) is 0 Å². The number of amides is 3. The fourth-order valence-electron chi connectivity index (χ4n) is 2.26. The summed E-state index contributed by atoms with van der Waals surface area (Å²) in [5.41, 5.74) is 0.697. The zero-order valence-corrected chi connectivity index (χ0v) is 16.0. The van der Waals surface area contributed by atoms with Gasteiger partial charge < -0.3 is 31.3 Å². The van der Waals surface area contributed by atoms with Crippen molar-refractivity contribution >= 4 is 23.4 Å². The van der Waals surface area contributed by atoms with Crippen LogP contribution < -0.4 is 16.0 Å². The molecule has 29 heavy (non-hydrogen) atoms. The standard InChI is InChI=1S/C20H25N3O6/c1-12(7-8-13(2)24)9-16(19(28)21-3)23-18(27)11-17(26)20(29)22-14-5-4-6-15(25)10-14/h4-8,10,16-17,24-26H,1-2,9,11H2,3H3,(H,21,28)(H,22,29)(H,23,27)/b8-7-. The van der Waals surface area contributed by atoms with Crippen molar-refractivity contribution in [3.8, 4) is 5.75 Å². The predicted octanol–water partition coefficient (Wildman–Crippen LogP) is 0.887. The van der Waals surface area contributed by atoms with Gasteiger partial charge >= 0.3 is 0 Å². The Morgan fingerprint density at radius 1 is 1.14 bits per heavy atom. The van der Waals surface area contributed by atoms with Crippen molar-refractivity contribution in [2.24, 2.45) is 0 Å². The molecule has 2 atom stereocenters. The molecule has 6 N–H and O–H groups in total. The van der Waals surface area contributed by atoms with Gasteiger partial charge in [0.1, 0.15) is 23.7 Å². The van der Waals surface area contributed by atoms with Crippen LogP contribution >= 0.6 is 0 Å². The fraction of sp³-hybridized carbons (Fsp3) is 0.250. The Kier molecular flexibility index (Phi) is 9.14. The van der Waals surface area contributed by atoms with Crippen molar-refractivity contribution in [3.63, 3.8) is 0 Å². The number of hydrogen-bond acceptors (Lipinski definition) is 6. The first-order chi connectivity index (χ1) is 13.6. The highest BCUT2D eigenvalue weighted by Gasteiger charge is 2.24. The van der Waals surface area contributed by atoms with E-state index in [1.807, 2.05) is 0 Å². The summed E-state index contributed by atoms with van der Waals surface area (Å²) in [6.45, 7) is 7.02. The number of nitrogens with one attached hydrogen (secondary N) is 3. The topological polar surface area (TPSA) is 148 Å². The molecule has 0 aromatic heterocycles. The summed E-state index contributed by atoms with van der Waals surface area (Å²) in [7, 11) is 1.40. The van der Waals surface area contributed by atoms with Crippen molar-refractivity contribution in [3.05, 3.63) is 60.9 Å². The third-order valence-corrected chi connectivity index (χ3v) is 3.67. The van der Waals surface area contributed by atoms with E-state index < -0.39 is 36.3 Å². The van der Waals surface area contributed by atoms with Gasteiger partial charge in [-0.25, -0.2) is 0 Å². The highest BCUT2D eigenvalue weighted by Crippen LogP contribution is 2.15. The maximum absolute atomic E-state index is 12.2. The van der Waals surface area contributed by atoms with E-state index in [1.54, 1.807) is 0 Å². The van der Waals surface area contributed by atoms with Crippen molar-refractivity contribution < 1.29 is 29.7 Å². The second-order valence-electron chi connectivity index (χ2n) is 6.18. The number of phenolic OH excluding ortho intramolecular Hbond substituents is 1. The van der Waals surface area contributed by atoms with Crippen LogP contribution in [0.5, 0.6) is 5.75 Å². The van der Waals surface area contributed by atoms with Crippen LogP contribution in [0.1, 0.15) is 12.8 Å². The molecule has 0 fully saturated rings. The van der Waals surface area contributed by atoms with Gasteiger partial charge in [-0.2, -0.15) is 0 Å². The van der Waals surface area contributed by atoms with Gasteiger partial charge in [0.05, 0.1) is 6.42 Å². The van der Waals surface area contributed by atoms with Gasteiger partial charge in [0.25, 0.3) is 5.91 Å². The van der Waals surface area contributed by atoms with E-state index in [0.717, 1.165) is 0 Å². The molecule has 156 valence electrons. The molecule has 2 unspecified atom stereocenters. The van der Waals surface area contributed by atoms with E-state index in [2.05, 4.69) is 29.1 Å². The number of likely N-dealkylation sites (N-methyl/N-ethyl adjacent to an activating group) is 1. The second kappa shape index (κ2) is 11.3. The Hall–Kier alpha value is -3.59. The molecule has 3 amide bonds. The molecule has 0 bridgehead atoms. The monoisotopic (exact) mass is 403 g/mol. The van der Waals surface area contributed by atoms with Gasteiger partial charge in [-0.3, -0.25) is 14.4 Å². The maximum Gasteiger partial charge on any atom is 0.253 e. The third-order valence-electron chi connectivity index (χ3n) is 3.67. The Balaban J connectivity index is 2.66. The lowest BCUT2D eigenvalue weighted by Crippen LogP contribution is -2.47. The van der Waals surface area contributed by atoms with Crippen molar-refractivity contribution in [1.82, 2.24) is 10.6 Å². The number of aliphatic hydroxyl groups is 2. The number of benzene rings is 1. The molecular formula is C20H25N3O6. The first-order valence-electron chi connectivity index (χ1n) is 8.65. The van der Waals surface area contributed by atoms with Crippen molar-refractivity contribution in [2.75, 3.05) is 12.4 Å². The summed E-state index contributed by atoms with van der Waals surface area (Å²) >= 11 is 0. The van der Waals surface area contributed by atoms with Gasteiger partial charge in [0, 0.05) is 25.2 Å². The van der Waals surface area contributed by atoms with Gasteiger partial charge in [-0.15, -0.1) is 0 Å². The van der Waals surface area contributed by atoms with E-state index in [9.17, 15) is 24.6 Å². The molecule has 0 heterocycles. The smallest absolute Gasteiger partial charge is 0.253 e. The summed E-state index contributed by atoms with van der Waals surface area (Å²) in [5, 5.41) is 35.6. The number of anilines is 1. The molecule has 9 heteroatoms. The molecule has 0 radical (unpaired) electrons. The number of aliphatic hydroxyl groups excluding tert-OH is 2. The largest absolute Gasteiger partial charge is 0.509 e. The fourth-order valence-corrected chi connectivity index (χ4v) is 2.26. The van der Waals surface area contributed by atoms with Crippen LogP contribution in [0.15, 0.2) is 60.9 Å². The SMILES string of the molecule is C=C(O)/C=C\C(=C)CC(NC(=O)CC(O)C(=O)Nc1cccc(O)c1)C(=O)NC. The molecule has 0 spiro atoms. The average Bonchev–Trinajstić information content (AvgIpc) is 2.65. The van der Waals surface area contributed by atoms with Crippen LogP contribution in [-0.4, -0.2) is 52.2 Å². The molecule has 0 saturated carbocycles. The van der Waals surface area contributed by atoms with E-state index in [-0.39, 0.29) is 23.6 Å². The highest BCUT2D eigenvalue weighted by atomic mass is 16.3. The zero-order valence-electron chi connectivity index (χ0n) is 16.0. The van der Waals surface area contributed by atoms with Crippen LogP contribution in [0.4, 0.5) is 5.69 Å². The Labute approximate surface area is 168 Å². The van der Waals surface area contributed by atoms with E-state index in [0.29, 0.717) is 5.57 Å². The zero-order chi connectivity index (χ0) is 22.0. The number of allylic oxidation sites excluding steroid dienone is 2. The normalized spacial score (nSPS) is 12.6. The molecule has 0 aliphatic heterocycles. The molecule has 1 rings (SSSR count). The van der Waals surface area contributed by atoms with Crippen LogP contribution in [0, 0.1) is 0 Å². The number of hydrogen-bond donors (Lipinski definition) is 6. The lowest BCUT2D eigenvalue weighted by atomic mass is 10.1. The van der Waals surface area contributed by atoms with Gasteiger partial charge in [0.15, 0.2) is 0 Å². The number of phenols is 1. The van der Waals surface area contributed by atoms with Crippen LogP contribution in [0.25, 0.3) is 0 Å². The Morgan fingerprint density at radius 3 is 2.41 bits per heavy atom. The number of aromatic hydroxyl groups is 1. The summed E-state index contributed by atoms with van der Waals surface area (Å²) in [5.74, 6) is -2.30. The first kappa shape index (κ1) is 23.4. The molecule has 0 aliphatic carbocycles. The molecule has 0 aliphatic rings.